The molecule has 0 radical (unpaired) electrons. The Labute approximate surface area is 143 Å². The van der Waals surface area contributed by atoms with Crippen LogP contribution >= 0.6 is 11.8 Å². The zero-order chi connectivity index (χ0) is 18.0. The fourth-order valence-electron chi connectivity index (χ4n) is 1.44. The number of aliphatic imine (C=N–C) groups is 2. The van der Waals surface area contributed by atoms with E-state index in [1.165, 1.54) is 6.21 Å². The zero-order valence-electron chi connectivity index (χ0n) is 12.7. The lowest BCUT2D eigenvalue weighted by atomic mass is 10.3. The fourth-order valence-corrected chi connectivity index (χ4v) is 3.09. The number of carbonyl (C=O) groups excluding carboxylic acids is 1. The number of aldehydes is 1. The molecule has 0 amide bonds. The van der Waals surface area contributed by atoms with Crippen molar-refractivity contribution in [2.45, 2.75) is 4.90 Å². The first-order valence-electron chi connectivity index (χ1n) is 6.46. The second-order valence-corrected chi connectivity index (χ2v) is 7.28. The van der Waals surface area contributed by atoms with Crippen molar-refractivity contribution in [2.75, 3.05) is 18.2 Å². The highest BCUT2D eigenvalue weighted by Gasteiger charge is 2.09. The predicted octanol–water partition coefficient (Wildman–Crippen LogP) is 0.320. The smallest absolute Gasteiger partial charge is 0.218 e. The van der Waals surface area contributed by atoms with Crippen molar-refractivity contribution < 1.29 is 17.9 Å². The van der Waals surface area contributed by atoms with Gasteiger partial charge in [0.15, 0.2) is 0 Å². The van der Waals surface area contributed by atoms with E-state index in [0.717, 1.165) is 11.8 Å². The molecular weight excluding hydrogens is 354 g/mol. The Hall–Kier alpha value is -2.24. The summed E-state index contributed by atoms with van der Waals surface area (Å²) >= 11 is 1.00. The first kappa shape index (κ1) is 19.8. The minimum atomic E-state index is -3.62. The standard InChI is InChI=1S/C13H17N5O4S2/c1-16-12-3-2-11(6-13(12)23-9-24(15,20)21)22-8-10(18-14)7-17-4-5-19/h2-3,5-7H,1,4,8-9,14H2,(H2,15,20,21)/b17-7?,18-10+. The Morgan fingerprint density at radius 2 is 2.17 bits per heavy atom. The minimum absolute atomic E-state index is 0.00702. The van der Waals surface area contributed by atoms with Crippen LogP contribution in [0.25, 0.3) is 0 Å². The lowest BCUT2D eigenvalue weighted by Crippen LogP contribution is -2.15. The van der Waals surface area contributed by atoms with Gasteiger partial charge in [0.25, 0.3) is 0 Å². The second kappa shape index (κ2) is 9.80. The van der Waals surface area contributed by atoms with Gasteiger partial charge < -0.3 is 15.4 Å². The minimum Gasteiger partial charge on any atom is -0.487 e. The summed E-state index contributed by atoms with van der Waals surface area (Å²) in [5, 5.41) is 8.19. The molecule has 0 aliphatic carbocycles. The lowest BCUT2D eigenvalue weighted by molar-refractivity contribution is -0.106. The zero-order valence-corrected chi connectivity index (χ0v) is 14.3. The van der Waals surface area contributed by atoms with E-state index in [-0.39, 0.29) is 18.2 Å². The lowest BCUT2D eigenvalue weighted by Gasteiger charge is -2.09. The van der Waals surface area contributed by atoms with Gasteiger partial charge in [-0.05, 0) is 24.9 Å². The monoisotopic (exact) mass is 371 g/mol. The van der Waals surface area contributed by atoms with E-state index in [0.29, 0.717) is 28.3 Å². The number of ether oxygens (including phenoxy) is 1. The van der Waals surface area contributed by atoms with E-state index < -0.39 is 10.0 Å². The molecule has 0 aromatic heterocycles. The average molecular weight is 371 g/mol. The summed E-state index contributed by atoms with van der Waals surface area (Å²) < 4.78 is 27.7. The van der Waals surface area contributed by atoms with E-state index in [2.05, 4.69) is 21.8 Å². The maximum Gasteiger partial charge on any atom is 0.218 e. The van der Waals surface area contributed by atoms with Gasteiger partial charge >= 0.3 is 0 Å². The van der Waals surface area contributed by atoms with Gasteiger partial charge in [-0.25, -0.2) is 13.6 Å². The van der Waals surface area contributed by atoms with Gasteiger partial charge in [0.05, 0.1) is 12.2 Å². The van der Waals surface area contributed by atoms with Crippen LogP contribution in [0.5, 0.6) is 5.75 Å². The van der Waals surface area contributed by atoms with Crippen molar-refractivity contribution in [3.05, 3.63) is 18.2 Å². The molecule has 1 rings (SSSR count). The summed E-state index contributed by atoms with van der Waals surface area (Å²) in [5.41, 5.74) is 0.845. The Morgan fingerprint density at radius 3 is 2.75 bits per heavy atom. The maximum absolute atomic E-state index is 11.1. The van der Waals surface area contributed by atoms with Gasteiger partial charge in [-0.2, -0.15) is 5.10 Å². The van der Waals surface area contributed by atoms with Crippen molar-refractivity contribution in [1.29, 1.82) is 0 Å². The molecular formula is C13H17N5O4S2. The first-order valence-corrected chi connectivity index (χ1v) is 9.16. The van der Waals surface area contributed by atoms with E-state index >= 15 is 0 Å². The van der Waals surface area contributed by atoms with Gasteiger partial charge in [-0.1, -0.05) is 0 Å². The summed E-state index contributed by atoms with van der Waals surface area (Å²) in [6.07, 6.45) is 1.98. The van der Waals surface area contributed by atoms with Gasteiger partial charge in [-0.3, -0.25) is 9.98 Å². The summed E-state index contributed by atoms with van der Waals surface area (Å²) in [4.78, 5) is 18.3. The molecule has 1 aromatic carbocycles. The number of benzene rings is 1. The summed E-state index contributed by atoms with van der Waals surface area (Å²) in [7, 11) is -3.62. The number of hydrogen-bond acceptors (Lipinski definition) is 9. The third kappa shape index (κ3) is 7.35. The van der Waals surface area contributed by atoms with Crippen molar-refractivity contribution in [3.8, 4) is 5.75 Å². The van der Waals surface area contributed by atoms with Crippen LogP contribution in [0.4, 0.5) is 5.69 Å². The van der Waals surface area contributed by atoms with Crippen molar-refractivity contribution in [2.24, 2.45) is 26.1 Å². The number of hydrazone groups is 1. The highest BCUT2D eigenvalue weighted by molar-refractivity contribution is 8.11. The third-order valence-corrected chi connectivity index (χ3v) is 4.88. The number of rotatable bonds is 10. The van der Waals surface area contributed by atoms with E-state index in [1.807, 2.05) is 0 Å². The molecule has 24 heavy (non-hydrogen) atoms. The van der Waals surface area contributed by atoms with Gasteiger partial charge in [0.2, 0.25) is 10.0 Å². The molecule has 0 saturated heterocycles. The molecule has 0 bridgehead atoms. The van der Waals surface area contributed by atoms with Crippen LogP contribution in [-0.2, 0) is 14.8 Å². The molecule has 0 spiro atoms. The molecule has 11 heteroatoms. The number of nitrogens with two attached hydrogens (primary N) is 2. The fraction of sp³-hybridized carbons (Fsp3) is 0.231. The van der Waals surface area contributed by atoms with Crippen molar-refractivity contribution in [1.82, 2.24) is 0 Å². The highest BCUT2D eigenvalue weighted by Crippen LogP contribution is 2.33. The molecule has 9 nitrogen and oxygen atoms in total. The molecule has 0 heterocycles. The Kier molecular flexibility index (Phi) is 8.09. The van der Waals surface area contributed by atoms with Crippen LogP contribution < -0.4 is 15.7 Å². The molecule has 0 aliphatic heterocycles. The van der Waals surface area contributed by atoms with Crippen LogP contribution in [0.3, 0.4) is 0 Å². The normalized spacial score (nSPS) is 12.3. The average Bonchev–Trinajstić information content (AvgIpc) is 2.55. The number of primary sulfonamides is 1. The molecule has 4 N–H and O–H groups in total. The number of nitrogens with zero attached hydrogens (tertiary/aromatic N) is 3. The van der Waals surface area contributed by atoms with E-state index in [9.17, 15) is 13.2 Å². The largest absolute Gasteiger partial charge is 0.487 e. The number of thioether (sulfide) groups is 1. The van der Waals surface area contributed by atoms with Gasteiger partial charge in [-0.15, -0.1) is 11.8 Å². The van der Waals surface area contributed by atoms with Gasteiger partial charge in [0, 0.05) is 11.1 Å². The summed E-state index contributed by atoms with van der Waals surface area (Å²) in [6, 6.07) is 4.88. The number of hydrogen-bond donors (Lipinski definition) is 2. The quantitative estimate of drug-likeness (QED) is 0.199. The maximum atomic E-state index is 11.1. The van der Waals surface area contributed by atoms with Crippen LogP contribution in [0.1, 0.15) is 0 Å². The second-order valence-electron chi connectivity index (χ2n) is 4.28. The van der Waals surface area contributed by atoms with Gasteiger partial charge in [0.1, 0.15) is 29.4 Å². The number of sulfonamides is 1. The molecule has 0 fully saturated rings. The molecule has 0 atom stereocenters. The summed E-state index contributed by atoms with van der Waals surface area (Å²) in [5.74, 6) is 5.66. The van der Waals surface area contributed by atoms with Crippen LogP contribution in [0.15, 0.2) is 38.2 Å². The first-order chi connectivity index (χ1) is 11.4. The van der Waals surface area contributed by atoms with E-state index in [4.69, 9.17) is 15.7 Å². The molecule has 0 aliphatic rings. The Bertz CT molecular complexity index is 747. The predicted molar refractivity (Wildman–Crippen MR) is 96.0 cm³/mol. The van der Waals surface area contributed by atoms with Crippen LogP contribution in [0.2, 0.25) is 0 Å². The Balaban J connectivity index is 2.81. The topological polar surface area (TPSA) is 150 Å². The van der Waals surface area contributed by atoms with E-state index in [1.54, 1.807) is 18.2 Å². The van der Waals surface area contributed by atoms with Crippen molar-refractivity contribution in [3.63, 3.8) is 0 Å². The molecule has 1 aromatic rings. The van der Waals surface area contributed by atoms with Crippen LogP contribution in [0, 0.1) is 0 Å². The highest BCUT2D eigenvalue weighted by atomic mass is 32.3. The van der Waals surface area contributed by atoms with Crippen molar-refractivity contribution >= 4 is 52.4 Å². The SMILES string of the molecule is C=Nc1ccc(OC/C(C=NCC=O)=N/N)cc1SCS(N)(=O)=O. The molecule has 130 valence electrons. The third-order valence-electron chi connectivity index (χ3n) is 2.45. The summed E-state index contributed by atoms with van der Waals surface area (Å²) in [6.45, 7) is 3.46. The molecule has 0 unspecified atom stereocenters. The molecule has 0 saturated carbocycles. The number of carbonyl (C=O) groups is 1. The Morgan fingerprint density at radius 1 is 1.42 bits per heavy atom. The van der Waals surface area contributed by atoms with Crippen LogP contribution in [-0.4, -0.2) is 51.6 Å².